The summed E-state index contributed by atoms with van der Waals surface area (Å²) in [5.41, 5.74) is 6.15. The first-order valence-electron chi connectivity index (χ1n) is 8.65. The molecule has 0 aliphatic carbocycles. The van der Waals surface area contributed by atoms with E-state index < -0.39 is 23.7 Å². The number of halogens is 3. The minimum Gasteiger partial charge on any atom is -0.497 e. The molecule has 0 aliphatic rings. The molecule has 0 aliphatic heterocycles. The standard InChI is InChI=1S/C21H17F3N2O4/c1-28-14-9-13-7-8-15(19(25)26)18(30-20(27)21(22,23)24)17(13)16(10-14)29-11-12-5-3-2-4-6-12/h2-10H,11H2,1H3,(H3,25,26). The molecule has 3 aromatic carbocycles. The fourth-order valence-corrected chi connectivity index (χ4v) is 2.80. The van der Waals surface area contributed by atoms with Crippen LogP contribution < -0.4 is 19.9 Å². The van der Waals surface area contributed by atoms with Crippen LogP contribution >= 0.6 is 0 Å². The molecular weight excluding hydrogens is 401 g/mol. The van der Waals surface area contributed by atoms with E-state index in [1.54, 1.807) is 6.07 Å². The molecule has 156 valence electrons. The second-order valence-electron chi connectivity index (χ2n) is 6.24. The lowest BCUT2D eigenvalue weighted by Crippen LogP contribution is -2.29. The van der Waals surface area contributed by atoms with E-state index in [2.05, 4.69) is 4.74 Å². The predicted octanol–water partition coefficient (Wildman–Crippen LogP) is 4.18. The smallest absolute Gasteiger partial charge is 0.491 e. The number of benzene rings is 3. The third-order valence-electron chi connectivity index (χ3n) is 4.20. The number of methoxy groups -OCH3 is 1. The Morgan fingerprint density at radius 2 is 1.80 bits per heavy atom. The summed E-state index contributed by atoms with van der Waals surface area (Å²) < 4.78 is 54.2. The zero-order chi connectivity index (χ0) is 21.9. The van der Waals surface area contributed by atoms with E-state index in [4.69, 9.17) is 20.6 Å². The topological polar surface area (TPSA) is 94.6 Å². The normalized spacial score (nSPS) is 11.2. The van der Waals surface area contributed by atoms with Crippen LogP contribution in [0.3, 0.4) is 0 Å². The number of nitrogens with two attached hydrogens (primary N) is 1. The zero-order valence-electron chi connectivity index (χ0n) is 15.7. The molecular formula is C21H17F3N2O4. The van der Waals surface area contributed by atoms with Crippen molar-refractivity contribution in [3.8, 4) is 17.2 Å². The van der Waals surface area contributed by atoms with Gasteiger partial charge in [0, 0.05) is 6.07 Å². The first kappa shape index (κ1) is 21.0. The number of ether oxygens (including phenoxy) is 3. The molecule has 0 amide bonds. The largest absolute Gasteiger partial charge is 0.497 e. The molecule has 6 nitrogen and oxygen atoms in total. The number of nitrogen functional groups attached to an aromatic ring is 1. The highest BCUT2D eigenvalue weighted by Gasteiger charge is 2.42. The fourth-order valence-electron chi connectivity index (χ4n) is 2.80. The van der Waals surface area contributed by atoms with Crippen LogP contribution in [0, 0.1) is 5.41 Å². The van der Waals surface area contributed by atoms with Crippen LogP contribution in [0.1, 0.15) is 11.1 Å². The molecule has 0 unspecified atom stereocenters. The Kier molecular flexibility index (Phi) is 5.81. The summed E-state index contributed by atoms with van der Waals surface area (Å²) in [6, 6.07) is 14.9. The molecule has 3 aromatic rings. The first-order valence-corrected chi connectivity index (χ1v) is 8.65. The van der Waals surface area contributed by atoms with Gasteiger partial charge in [-0.1, -0.05) is 36.4 Å². The third kappa shape index (κ3) is 4.45. The lowest BCUT2D eigenvalue weighted by atomic mass is 10.0. The van der Waals surface area contributed by atoms with Gasteiger partial charge in [0.1, 0.15) is 23.9 Å². The Balaban J connectivity index is 2.18. The van der Waals surface area contributed by atoms with Crippen molar-refractivity contribution in [2.75, 3.05) is 7.11 Å². The van der Waals surface area contributed by atoms with Gasteiger partial charge in [0.2, 0.25) is 0 Å². The zero-order valence-corrected chi connectivity index (χ0v) is 15.7. The Morgan fingerprint density at radius 1 is 1.10 bits per heavy atom. The molecule has 3 N–H and O–H groups in total. The number of hydrogen-bond donors (Lipinski definition) is 2. The molecule has 0 spiro atoms. The van der Waals surface area contributed by atoms with Crippen LogP contribution in [0.15, 0.2) is 54.6 Å². The van der Waals surface area contributed by atoms with E-state index in [1.807, 2.05) is 30.3 Å². The number of amidine groups is 1. The molecule has 0 fully saturated rings. The third-order valence-corrected chi connectivity index (χ3v) is 4.20. The van der Waals surface area contributed by atoms with E-state index in [0.717, 1.165) is 5.56 Å². The van der Waals surface area contributed by atoms with Gasteiger partial charge in [-0.2, -0.15) is 13.2 Å². The van der Waals surface area contributed by atoms with E-state index in [-0.39, 0.29) is 23.3 Å². The quantitative estimate of drug-likeness (QED) is 0.271. The monoisotopic (exact) mass is 418 g/mol. The maximum absolute atomic E-state index is 12.8. The minimum absolute atomic E-state index is 0.0667. The van der Waals surface area contributed by atoms with Gasteiger partial charge < -0.3 is 19.9 Å². The number of nitrogens with one attached hydrogen (secondary N) is 1. The Labute approximate surface area is 169 Å². The first-order chi connectivity index (χ1) is 14.2. The summed E-state index contributed by atoms with van der Waals surface area (Å²) >= 11 is 0. The van der Waals surface area contributed by atoms with Gasteiger partial charge in [-0.15, -0.1) is 0 Å². The lowest BCUT2D eigenvalue weighted by Gasteiger charge is -2.17. The van der Waals surface area contributed by atoms with Crippen LogP contribution in [0.4, 0.5) is 13.2 Å². The van der Waals surface area contributed by atoms with Crippen molar-refractivity contribution < 1.29 is 32.2 Å². The van der Waals surface area contributed by atoms with Crippen molar-refractivity contribution in [2.24, 2.45) is 5.73 Å². The maximum atomic E-state index is 12.8. The van der Waals surface area contributed by atoms with Crippen molar-refractivity contribution in [3.63, 3.8) is 0 Å². The van der Waals surface area contributed by atoms with Crippen molar-refractivity contribution in [1.29, 1.82) is 5.41 Å². The number of carbonyl (C=O) groups is 1. The number of alkyl halides is 3. The SMILES string of the molecule is COc1cc(OCc2ccccc2)c2c(OC(=O)C(F)(F)F)c(C(=N)N)ccc2c1. The number of esters is 1. The summed E-state index contributed by atoms with van der Waals surface area (Å²) in [5.74, 6) is -3.00. The number of hydrogen-bond acceptors (Lipinski definition) is 5. The van der Waals surface area contributed by atoms with Gasteiger partial charge >= 0.3 is 12.1 Å². The number of carbonyl (C=O) groups excluding carboxylic acids is 1. The average molecular weight is 418 g/mol. The van der Waals surface area contributed by atoms with Crippen molar-refractivity contribution >= 4 is 22.6 Å². The van der Waals surface area contributed by atoms with E-state index in [1.165, 1.54) is 25.3 Å². The van der Waals surface area contributed by atoms with Gasteiger partial charge in [-0.05, 0) is 23.1 Å². The molecule has 3 rings (SSSR count). The van der Waals surface area contributed by atoms with Crippen LogP contribution in [-0.2, 0) is 11.4 Å². The van der Waals surface area contributed by atoms with Gasteiger partial charge in [-0.25, -0.2) is 4.79 Å². The molecule has 0 heterocycles. The fraction of sp³-hybridized carbons (Fsp3) is 0.143. The molecule has 9 heteroatoms. The maximum Gasteiger partial charge on any atom is 0.491 e. The van der Waals surface area contributed by atoms with E-state index in [0.29, 0.717) is 11.1 Å². The highest BCUT2D eigenvalue weighted by molar-refractivity contribution is 6.07. The minimum atomic E-state index is -5.23. The summed E-state index contributed by atoms with van der Waals surface area (Å²) in [6.07, 6.45) is -5.23. The van der Waals surface area contributed by atoms with Gasteiger partial charge in [-0.3, -0.25) is 5.41 Å². The molecule has 0 saturated heterocycles. The van der Waals surface area contributed by atoms with E-state index >= 15 is 0 Å². The van der Waals surface area contributed by atoms with Crippen LogP contribution in [0.25, 0.3) is 10.8 Å². The molecule has 0 saturated carbocycles. The van der Waals surface area contributed by atoms with Crippen LogP contribution in [0.5, 0.6) is 17.2 Å². The highest BCUT2D eigenvalue weighted by atomic mass is 19.4. The van der Waals surface area contributed by atoms with Crippen molar-refractivity contribution in [3.05, 3.63) is 65.7 Å². The Hall–Kier alpha value is -3.75. The summed E-state index contributed by atoms with van der Waals surface area (Å²) in [4.78, 5) is 11.5. The van der Waals surface area contributed by atoms with E-state index in [9.17, 15) is 18.0 Å². The van der Waals surface area contributed by atoms with Crippen LogP contribution in [-0.4, -0.2) is 25.1 Å². The molecule has 30 heavy (non-hydrogen) atoms. The second kappa shape index (κ2) is 8.32. The summed E-state index contributed by atoms with van der Waals surface area (Å²) in [5, 5.41) is 8.13. The Bertz CT molecular complexity index is 1100. The molecule has 0 atom stereocenters. The summed E-state index contributed by atoms with van der Waals surface area (Å²) in [7, 11) is 1.43. The summed E-state index contributed by atoms with van der Waals surface area (Å²) in [6.45, 7) is 0.0973. The van der Waals surface area contributed by atoms with Crippen molar-refractivity contribution in [2.45, 2.75) is 12.8 Å². The van der Waals surface area contributed by atoms with Gasteiger partial charge in [0.05, 0.1) is 18.1 Å². The Morgan fingerprint density at radius 3 is 2.40 bits per heavy atom. The van der Waals surface area contributed by atoms with Gasteiger partial charge in [0.15, 0.2) is 5.75 Å². The van der Waals surface area contributed by atoms with Crippen LogP contribution in [0.2, 0.25) is 0 Å². The predicted molar refractivity (Wildman–Crippen MR) is 104 cm³/mol. The average Bonchev–Trinajstić information content (AvgIpc) is 2.71. The second-order valence-corrected chi connectivity index (χ2v) is 6.24. The molecule has 0 aromatic heterocycles. The molecule has 0 radical (unpaired) electrons. The van der Waals surface area contributed by atoms with Crippen molar-refractivity contribution in [1.82, 2.24) is 0 Å². The molecule has 0 bridgehead atoms. The number of rotatable bonds is 6. The highest BCUT2D eigenvalue weighted by Crippen LogP contribution is 2.41. The van der Waals surface area contributed by atoms with Gasteiger partial charge in [0.25, 0.3) is 0 Å². The lowest BCUT2D eigenvalue weighted by molar-refractivity contribution is -0.189. The number of fused-ring (bicyclic) bond motifs is 1.